The molecule has 0 aromatic heterocycles. The van der Waals surface area contributed by atoms with Crippen molar-refractivity contribution in [1.29, 1.82) is 0 Å². The van der Waals surface area contributed by atoms with E-state index in [2.05, 4.69) is 5.22 Å². The van der Waals surface area contributed by atoms with Crippen LogP contribution in [0.15, 0.2) is 60.7 Å². The second kappa shape index (κ2) is 4.37. The Balaban J connectivity index is 2.38. The molecule has 2 aromatic carbocycles. The van der Waals surface area contributed by atoms with Crippen molar-refractivity contribution in [3.05, 3.63) is 66.2 Å². The minimum Gasteiger partial charge on any atom is -0.226 e. The van der Waals surface area contributed by atoms with Crippen molar-refractivity contribution in [2.75, 3.05) is 5.01 Å². The summed E-state index contributed by atoms with van der Waals surface area (Å²) < 4.78 is 0. The third-order valence-corrected chi connectivity index (χ3v) is 2.13. The first kappa shape index (κ1) is 9.40. The first-order valence-corrected chi connectivity index (χ1v) is 4.72. The number of nitrogens with zero attached hydrogens (tertiary/aromatic N) is 2. The molecule has 0 atom stereocenters. The Morgan fingerprint density at radius 2 is 1.13 bits per heavy atom. The average molecular weight is 197 g/mol. The number of hydrogen-bond acceptors (Lipinski definition) is 0. The van der Waals surface area contributed by atoms with Crippen LogP contribution in [-0.4, -0.2) is 0 Å². The highest BCUT2D eigenvalue weighted by atomic mass is 15.5. The number of nitrogens with one attached hydrogen (secondary N) is 1. The topological polar surface area (TPSA) is 39.5 Å². The van der Waals surface area contributed by atoms with Gasteiger partial charge in [0.1, 0.15) is 0 Å². The van der Waals surface area contributed by atoms with E-state index in [1.54, 1.807) is 5.01 Å². The van der Waals surface area contributed by atoms with Gasteiger partial charge in [-0.05, 0) is 0 Å². The van der Waals surface area contributed by atoms with Crippen LogP contribution in [0.5, 0.6) is 0 Å². The number of para-hydroxylation sites is 2. The molecule has 0 aliphatic heterocycles. The molecule has 2 aromatic rings. The molecule has 0 aliphatic rings. The number of hydrazine groups is 1. The number of anilines is 2. The van der Waals surface area contributed by atoms with Gasteiger partial charge in [0.05, 0.1) is 0 Å². The first-order chi connectivity index (χ1) is 7.42. The maximum absolute atomic E-state index is 9.11. The van der Waals surface area contributed by atoms with Crippen molar-refractivity contribution in [1.82, 2.24) is 0 Å². The molecule has 3 heteroatoms. The standard InChI is InChI=1S/C12H11N3/c13-14-15(11-7-3-1-4-8-11)12-9-5-2-6-10-12/h1-10,14H. The molecule has 0 saturated heterocycles. The van der Waals surface area contributed by atoms with Crippen molar-refractivity contribution in [2.45, 2.75) is 0 Å². The summed E-state index contributed by atoms with van der Waals surface area (Å²) in [4.78, 5) is 0. The van der Waals surface area contributed by atoms with Crippen molar-refractivity contribution in [2.24, 2.45) is 0 Å². The fraction of sp³-hybridized carbons (Fsp3) is 0. The van der Waals surface area contributed by atoms with E-state index in [1.807, 2.05) is 60.7 Å². The van der Waals surface area contributed by atoms with Crippen molar-refractivity contribution in [3.8, 4) is 0 Å². The van der Waals surface area contributed by atoms with Gasteiger partial charge in [-0.1, -0.05) is 60.7 Å². The number of hydrogen-bond donors (Lipinski definition) is 1. The Labute approximate surface area is 88.5 Å². The molecule has 74 valence electrons. The highest BCUT2D eigenvalue weighted by Gasteiger charge is 2.02. The Hall–Kier alpha value is -2.16. The zero-order chi connectivity index (χ0) is 10.5. The molecule has 0 fully saturated rings. The summed E-state index contributed by atoms with van der Waals surface area (Å²) in [6, 6.07) is 19.2. The smallest absolute Gasteiger partial charge is 0.0183 e. The van der Waals surface area contributed by atoms with Gasteiger partial charge in [-0.2, -0.15) is 10.8 Å². The van der Waals surface area contributed by atoms with Crippen molar-refractivity contribution >= 4 is 11.4 Å². The average Bonchev–Trinajstić information content (AvgIpc) is 2.33. The predicted octanol–water partition coefficient (Wildman–Crippen LogP) is 1.84. The minimum atomic E-state index is 0.881. The molecular weight excluding hydrogens is 186 g/mol. The third kappa shape index (κ3) is 2.02. The van der Waals surface area contributed by atoms with Gasteiger partial charge in [0.25, 0.3) is 0 Å². The van der Waals surface area contributed by atoms with E-state index in [-0.39, 0.29) is 0 Å². The van der Waals surface area contributed by atoms with E-state index >= 15 is 0 Å². The van der Waals surface area contributed by atoms with Crippen LogP contribution in [0.3, 0.4) is 0 Å². The molecule has 0 spiro atoms. The third-order valence-electron chi connectivity index (χ3n) is 2.13. The summed E-state index contributed by atoms with van der Waals surface area (Å²) in [7, 11) is 0. The van der Waals surface area contributed by atoms with Crippen LogP contribution in [0.2, 0.25) is 0 Å². The molecule has 1 N–H and O–H groups in total. The van der Waals surface area contributed by atoms with Crippen LogP contribution < -0.4 is 10.2 Å². The SMILES string of the molecule is [N-]=[NH+]N(c1ccccc1)c1ccccc1. The van der Waals surface area contributed by atoms with Crippen molar-refractivity contribution < 1.29 is 5.22 Å². The molecule has 0 aliphatic carbocycles. The molecule has 0 bridgehead atoms. The van der Waals surface area contributed by atoms with E-state index in [0.717, 1.165) is 11.4 Å². The monoisotopic (exact) mass is 197 g/mol. The van der Waals surface area contributed by atoms with Gasteiger partial charge in [0.2, 0.25) is 0 Å². The van der Waals surface area contributed by atoms with E-state index in [1.165, 1.54) is 0 Å². The Bertz CT molecular complexity index is 386. The predicted molar refractivity (Wildman–Crippen MR) is 59.3 cm³/mol. The molecule has 0 heterocycles. The number of benzene rings is 2. The Kier molecular flexibility index (Phi) is 2.74. The quantitative estimate of drug-likeness (QED) is 0.592. The van der Waals surface area contributed by atoms with Gasteiger partial charge in [-0.25, -0.2) is 5.01 Å². The molecule has 0 amide bonds. The highest BCUT2D eigenvalue weighted by molar-refractivity contribution is 5.58. The van der Waals surface area contributed by atoms with Crippen LogP contribution in [0.4, 0.5) is 11.4 Å². The lowest BCUT2D eigenvalue weighted by molar-refractivity contribution is -0.484. The summed E-state index contributed by atoms with van der Waals surface area (Å²) in [5.74, 6) is 0. The summed E-state index contributed by atoms with van der Waals surface area (Å²) >= 11 is 0. The summed E-state index contributed by atoms with van der Waals surface area (Å²) in [6.45, 7) is 0. The van der Waals surface area contributed by atoms with Gasteiger partial charge in [-0.15, -0.1) is 0 Å². The highest BCUT2D eigenvalue weighted by Crippen LogP contribution is 2.19. The zero-order valence-electron chi connectivity index (χ0n) is 8.17. The minimum absolute atomic E-state index is 0.881. The maximum atomic E-state index is 9.11. The largest absolute Gasteiger partial charge is 0.226 e. The Morgan fingerprint density at radius 1 is 0.733 bits per heavy atom. The van der Waals surface area contributed by atoms with Gasteiger partial charge in [-0.3, -0.25) is 0 Å². The second-order valence-corrected chi connectivity index (χ2v) is 3.11. The van der Waals surface area contributed by atoms with Gasteiger partial charge < -0.3 is 0 Å². The van der Waals surface area contributed by atoms with Gasteiger partial charge in [0, 0.05) is 11.4 Å². The van der Waals surface area contributed by atoms with E-state index in [0.29, 0.717) is 0 Å². The fourth-order valence-corrected chi connectivity index (χ4v) is 1.42. The molecule has 2 rings (SSSR count). The lowest BCUT2D eigenvalue weighted by Gasteiger charge is -2.19. The molecule has 3 nitrogen and oxygen atoms in total. The lowest BCUT2D eigenvalue weighted by Crippen LogP contribution is -2.75. The number of rotatable bonds is 3. The zero-order valence-corrected chi connectivity index (χ0v) is 8.17. The van der Waals surface area contributed by atoms with E-state index in [4.69, 9.17) is 5.53 Å². The van der Waals surface area contributed by atoms with Crippen LogP contribution in [0.1, 0.15) is 0 Å². The van der Waals surface area contributed by atoms with E-state index < -0.39 is 0 Å². The molecule has 0 radical (unpaired) electrons. The van der Waals surface area contributed by atoms with E-state index in [9.17, 15) is 0 Å². The normalized spacial score (nSPS) is 9.60. The molecule has 0 saturated carbocycles. The second-order valence-electron chi connectivity index (χ2n) is 3.11. The summed E-state index contributed by atoms with van der Waals surface area (Å²) in [6.07, 6.45) is 0. The molecular formula is C12H11N3. The first-order valence-electron chi connectivity index (χ1n) is 4.72. The fourth-order valence-electron chi connectivity index (χ4n) is 1.42. The Morgan fingerprint density at radius 3 is 1.47 bits per heavy atom. The van der Waals surface area contributed by atoms with Crippen LogP contribution in [0.25, 0.3) is 5.53 Å². The van der Waals surface area contributed by atoms with Crippen LogP contribution in [-0.2, 0) is 0 Å². The van der Waals surface area contributed by atoms with Gasteiger partial charge >= 0.3 is 0 Å². The van der Waals surface area contributed by atoms with Gasteiger partial charge in [0.15, 0.2) is 0 Å². The molecule has 0 unspecified atom stereocenters. The molecule has 15 heavy (non-hydrogen) atoms. The summed E-state index contributed by atoms with van der Waals surface area (Å²) in [5, 5.41) is 3.77. The maximum Gasteiger partial charge on any atom is 0.0183 e. The summed E-state index contributed by atoms with van der Waals surface area (Å²) in [5.41, 5.74) is 10.9. The van der Waals surface area contributed by atoms with Crippen LogP contribution >= 0.6 is 0 Å². The lowest BCUT2D eigenvalue weighted by atomic mass is 10.2. The van der Waals surface area contributed by atoms with Crippen molar-refractivity contribution in [3.63, 3.8) is 0 Å². The van der Waals surface area contributed by atoms with Crippen LogP contribution in [0, 0.1) is 0 Å².